The van der Waals surface area contributed by atoms with Crippen LogP contribution >= 0.6 is 11.8 Å². The molecule has 5 heteroatoms. The van der Waals surface area contributed by atoms with Crippen LogP contribution in [0.5, 0.6) is 0 Å². The Labute approximate surface area is 114 Å². The molecular weight excluding hydrogens is 248 g/mol. The van der Waals surface area contributed by atoms with Gasteiger partial charge in [-0.3, -0.25) is 9.59 Å². The molecule has 1 aliphatic rings. The highest BCUT2D eigenvalue weighted by atomic mass is 32.2. The van der Waals surface area contributed by atoms with E-state index in [4.69, 9.17) is 0 Å². The van der Waals surface area contributed by atoms with E-state index in [9.17, 15) is 9.59 Å². The minimum absolute atomic E-state index is 0.0903. The molecule has 1 N–H and O–H groups in total. The Morgan fingerprint density at radius 2 is 2.11 bits per heavy atom. The summed E-state index contributed by atoms with van der Waals surface area (Å²) in [7, 11) is 1.80. The summed E-state index contributed by atoms with van der Waals surface area (Å²) in [5, 5.41) is 3.05. The summed E-state index contributed by atoms with van der Waals surface area (Å²) < 4.78 is 0. The van der Waals surface area contributed by atoms with E-state index in [2.05, 4.69) is 5.32 Å². The van der Waals surface area contributed by atoms with E-state index in [1.807, 2.05) is 32.6 Å². The minimum Gasteiger partial charge on any atom is -0.322 e. The maximum atomic E-state index is 12.5. The minimum atomic E-state index is -0.449. The lowest BCUT2D eigenvalue weighted by Gasteiger charge is -2.52. The number of nitrogens with one attached hydrogen (secondary N) is 1. The standard InChI is InChI=1S/C13H24N2O2S/c1-9(16)7-12(2,3)15-11(17)10(14-6)8-18-13(15,4)5/h10,14H,7-8H2,1-6H3. The molecular formula is C13H24N2O2S. The fraction of sp³-hybridized carbons (Fsp3) is 0.846. The largest absolute Gasteiger partial charge is 0.322 e. The van der Waals surface area contributed by atoms with E-state index in [1.165, 1.54) is 0 Å². The molecule has 1 aliphatic heterocycles. The second-order valence-electron chi connectivity index (χ2n) is 5.96. The van der Waals surface area contributed by atoms with Crippen molar-refractivity contribution in [3.8, 4) is 0 Å². The zero-order chi connectivity index (χ0) is 14.1. The number of likely N-dealkylation sites (N-methyl/N-ethyl adjacent to an activating group) is 1. The number of rotatable bonds is 4. The SMILES string of the molecule is CNC1CSC(C)(C)N(C(C)(C)CC(C)=O)C1=O. The molecule has 1 fully saturated rings. The van der Waals surface area contributed by atoms with Crippen LogP contribution < -0.4 is 5.32 Å². The molecule has 4 nitrogen and oxygen atoms in total. The number of Topliss-reactive ketones (excluding diaryl/α,β-unsaturated/α-hetero) is 1. The van der Waals surface area contributed by atoms with Gasteiger partial charge in [0.2, 0.25) is 5.91 Å². The fourth-order valence-electron chi connectivity index (χ4n) is 2.77. The van der Waals surface area contributed by atoms with Crippen molar-refractivity contribution in [1.82, 2.24) is 10.2 Å². The lowest BCUT2D eigenvalue weighted by Crippen LogP contribution is -2.65. The first-order valence-electron chi connectivity index (χ1n) is 6.26. The molecule has 1 heterocycles. The van der Waals surface area contributed by atoms with Crippen molar-refractivity contribution in [2.24, 2.45) is 0 Å². The molecule has 0 radical (unpaired) electrons. The molecule has 1 amide bonds. The van der Waals surface area contributed by atoms with Gasteiger partial charge in [0.25, 0.3) is 0 Å². The first-order valence-corrected chi connectivity index (χ1v) is 7.25. The van der Waals surface area contributed by atoms with Crippen LogP contribution in [-0.4, -0.2) is 45.8 Å². The van der Waals surface area contributed by atoms with E-state index in [0.717, 1.165) is 5.75 Å². The van der Waals surface area contributed by atoms with Crippen LogP contribution in [0.3, 0.4) is 0 Å². The van der Waals surface area contributed by atoms with Crippen LogP contribution in [0.1, 0.15) is 41.0 Å². The third-order valence-electron chi connectivity index (χ3n) is 3.30. The maximum absolute atomic E-state index is 12.5. The number of thioether (sulfide) groups is 1. The Hall–Kier alpha value is -0.550. The number of carbonyl (C=O) groups is 2. The molecule has 1 rings (SSSR count). The Balaban J connectivity index is 3.06. The third kappa shape index (κ3) is 3.06. The lowest BCUT2D eigenvalue weighted by molar-refractivity contribution is -0.144. The van der Waals surface area contributed by atoms with Crippen molar-refractivity contribution in [2.75, 3.05) is 12.8 Å². The topological polar surface area (TPSA) is 49.4 Å². The number of amides is 1. The first kappa shape index (κ1) is 15.5. The van der Waals surface area contributed by atoms with Gasteiger partial charge in [-0.15, -0.1) is 11.8 Å². The van der Waals surface area contributed by atoms with Gasteiger partial charge in [-0.1, -0.05) is 0 Å². The molecule has 0 saturated carbocycles. The molecule has 0 aromatic heterocycles. The lowest BCUT2D eigenvalue weighted by atomic mass is 9.93. The van der Waals surface area contributed by atoms with Gasteiger partial charge in [-0.05, 0) is 41.7 Å². The van der Waals surface area contributed by atoms with E-state index < -0.39 is 5.54 Å². The number of hydrogen-bond donors (Lipinski definition) is 1. The van der Waals surface area contributed by atoms with Gasteiger partial charge >= 0.3 is 0 Å². The second kappa shape index (κ2) is 5.21. The van der Waals surface area contributed by atoms with Gasteiger partial charge in [0.1, 0.15) is 5.78 Å². The summed E-state index contributed by atoms with van der Waals surface area (Å²) in [5.41, 5.74) is -0.449. The zero-order valence-corrected chi connectivity index (χ0v) is 13.0. The number of hydrogen-bond acceptors (Lipinski definition) is 4. The predicted octanol–water partition coefficient (Wildman–Crippen LogP) is 1.64. The fourth-order valence-corrected chi connectivity index (χ4v) is 4.12. The molecule has 1 saturated heterocycles. The Kier molecular flexibility index (Phi) is 4.49. The maximum Gasteiger partial charge on any atom is 0.242 e. The van der Waals surface area contributed by atoms with Crippen LogP contribution in [0, 0.1) is 0 Å². The van der Waals surface area contributed by atoms with Crippen molar-refractivity contribution < 1.29 is 9.59 Å². The smallest absolute Gasteiger partial charge is 0.242 e. The predicted molar refractivity (Wildman–Crippen MR) is 75.6 cm³/mol. The quantitative estimate of drug-likeness (QED) is 0.845. The van der Waals surface area contributed by atoms with Crippen LogP contribution in [0.4, 0.5) is 0 Å². The van der Waals surface area contributed by atoms with Crippen molar-refractivity contribution >= 4 is 23.5 Å². The van der Waals surface area contributed by atoms with Gasteiger partial charge in [0.05, 0.1) is 10.9 Å². The number of nitrogens with zero attached hydrogens (tertiary/aromatic N) is 1. The average molecular weight is 272 g/mol. The molecule has 104 valence electrons. The van der Waals surface area contributed by atoms with Crippen LogP contribution in [0.25, 0.3) is 0 Å². The van der Waals surface area contributed by atoms with Crippen molar-refractivity contribution in [3.63, 3.8) is 0 Å². The van der Waals surface area contributed by atoms with Crippen molar-refractivity contribution in [1.29, 1.82) is 0 Å². The van der Waals surface area contributed by atoms with Crippen molar-refractivity contribution in [2.45, 2.75) is 57.5 Å². The average Bonchev–Trinajstić information content (AvgIpc) is 2.13. The number of ketones is 1. The second-order valence-corrected chi connectivity index (χ2v) is 7.58. The molecule has 1 unspecified atom stereocenters. The molecule has 0 bridgehead atoms. The summed E-state index contributed by atoms with van der Waals surface area (Å²) in [6.07, 6.45) is 0.388. The molecule has 1 atom stereocenters. The summed E-state index contributed by atoms with van der Waals surface area (Å²) >= 11 is 1.75. The zero-order valence-electron chi connectivity index (χ0n) is 12.2. The van der Waals surface area contributed by atoms with Gasteiger partial charge < -0.3 is 10.2 Å². The van der Waals surface area contributed by atoms with Gasteiger partial charge in [0.15, 0.2) is 0 Å². The molecule has 0 spiro atoms. The van der Waals surface area contributed by atoms with E-state index in [1.54, 1.807) is 25.7 Å². The van der Waals surface area contributed by atoms with E-state index >= 15 is 0 Å². The monoisotopic (exact) mass is 272 g/mol. The van der Waals surface area contributed by atoms with Gasteiger partial charge in [-0.2, -0.15) is 0 Å². The van der Waals surface area contributed by atoms with Gasteiger partial charge in [0, 0.05) is 17.7 Å². The highest BCUT2D eigenvalue weighted by Gasteiger charge is 2.47. The summed E-state index contributed by atoms with van der Waals surface area (Å²) in [4.78, 5) is 25.5. The molecule has 0 aromatic carbocycles. The number of carbonyl (C=O) groups excluding carboxylic acids is 2. The van der Waals surface area contributed by atoms with E-state index in [-0.39, 0.29) is 22.6 Å². The Morgan fingerprint density at radius 3 is 2.56 bits per heavy atom. The first-order chi connectivity index (χ1) is 8.12. The third-order valence-corrected chi connectivity index (χ3v) is 4.68. The summed E-state index contributed by atoms with van der Waals surface area (Å²) in [5.74, 6) is 0.974. The summed E-state index contributed by atoms with van der Waals surface area (Å²) in [6.45, 7) is 9.60. The molecule has 0 aromatic rings. The Morgan fingerprint density at radius 1 is 1.56 bits per heavy atom. The molecule has 0 aliphatic carbocycles. The van der Waals surface area contributed by atoms with E-state index in [0.29, 0.717) is 6.42 Å². The van der Waals surface area contributed by atoms with Crippen molar-refractivity contribution in [3.05, 3.63) is 0 Å². The van der Waals surface area contributed by atoms with Crippen LogP contribution in [0.15, 0.2) is 0 Å². The Bertz CT molecular complexity index is 353. The van der Waals surface area contributed by atoms with Crippen LogP contribution in [-0.2, 0) is 9.59 Å². The highest BCUT2D eigenvalue weighted by Crippen LogP contribution is 2.40. The normalized spacial score (nSPS) is 24.2. The van der Waals surface area contributed by atoms with Gasteiger partial charge in [-0.25, -0.2) is 0 Å². The highest BCUT2D eigenvalue weighted by molar-refractivity contribution is 8.00. The molecule has 18 heavy (non-hydrogen) atoms. The van der Waals surface area contributed by atoms with Crippen LogP contribution in [0.2, 0.25) is 0 Å². The summed E-state index contributed by atoms with van der Waals surface area (Å²) in [6, 6.07) is -0.158.